The van der Waals surface area contributed by atoms with E-state index in [4.69, 9.17) is 39.9 Å². The van der Waals surface area contributed by atoms with Gasteiger partial charge < -0.3 is 9.13 Å². The molecule has 0 aliphatic carbocycles. The zero-order valence-electron chi connectivity index (χ0n) is 49.5. The minimum absolute atomic E-state index is 0.548. The van der Waals surface area contributed by atoms with Crippen LogP contribution in [0, 0.1) is 0 Å². The molecule has 0 spiro atoms. The number of hydrogen-bond acceptors (Lipinski definition) is 8. The highest BCUT2D eigenvalue weighted by Crippen LogP contribution is 2.44. The lowest BCUT2D eigenvalue weighted by Gasteiger charge is -2.20. The molecule has 92 heavy (non-hydrogen) atoms. The molecule has 0 fully saturated rings. The van der Waals surface area contributed by atoms with E-state index in [1.165, 1.54) is 10.8 Å². The Morgan fingerprint density at radius 3 is 0.880 bits per heavy atom. The summed E-state index contributed by atoms with van der Waals surface area (Å²) in [5, 5.41) is 4.30. The summed E-state index contributed by atoms with van der Waals surface area (Å²) in [4.78, 5) is 41.9. The molecule has 0 amide bonds. The first-order chi connectivity index (χ1) is 45.6. The molecule has 5 heterocycles. The van der Waals surface area contributed by atoms with Crippen LogP contribution in [0.15, 0.2) is 315 Å². The van der Waals surface area contributed by atoms with Crippen molar-refractivity contribution in [2.45, 2.75) is 0 Å². The van der Waals surface area contributed by atoms with E-state index >= 15 is 0 Å². The third-order valence-electron chi connectivity index (χ3n) is 17.1. The van der Waals surface area contributed by atoms with Crippen LogP contribution < -0.4 is 0 Å². The van der Waals surface area contributed by atoms with Gasteiger partial charge in [-0.15, -0.1) is 0 Å². The first kappa shape index (κ1) is 53.6. The smallest absolute Gasteiger partial charge is 0.164 e. The van der Waals surface area contributed by atoms with Crippen LogP contribution in [0.3, 0.4) is 0 Å². The van der Waals surface area contributed by atoms with Gasteiger partial charge in [0.25, 0.3) is 0 Å². The minimum Gasteiger partial charge on any atom is -0.309 e. The van der Waals surface area contributed by atoms with Gasteiger partial charge in [0.1, 0.15) is 0 Å². The van der Waals surface area contributed by atoms with Crippen molar-refractivity contribution >= 4 is 43.6 Å². The molecule has 17 aromatic rings. The standard InChI is InChI=1S/C82H52N10/c1-7-25-53(26-8-1)68-52-69(54-27-9-2-10-28-54)84-80(83-68)59-43-46-73(65(49-59)64-39-21-24-42-72(64)91-70-40-22-19-37-62(70)63-38-20-23-41-71(63)91)92-74-47-44-60(81-87-76(55-29-11-3-12-30-55)85-77(88-81)56-31-13-4-14-32-56)50-66(74)67-51-61(45-48-75(67)92)82-89-78(57-33-15-5-16-34-57)86-79(90-82)58-35-17-6-18-36-58/h1-52H. The highest BCUT2D eigenvalue weighted by molar-refractivity contribution is 6.13. The molecule has 10 heteroatoms. The fraction of sp³-hybridized carbons (Fsp3) is 0. The Morgan fingerprint density at radius 1 is 0.174 bits per heavy atom. The maximum Gasteiger partial charge on any atom is 0.164 e. The highest BCUT2D eigenvalue weighted by Gasteiger charge is 2.25. The summed E-state index contributed by atoms with van der Waals surface area (Å²) in [5.74, 6) is 4.03. The van der Waals surface area contributed by atoms with Crippen molar-refractivity contribution in [3.05, 3.63) is 315 Å². The number of rotatable bonds is 12. The molecule has 12 aromatic carbocycles. The van der Waals surface area contributed by atoms with Gasteiger partial charge in [0, 0.05) is 82.7 Å². The second-order valence-electron chi connectivity index (χ2n) is 22.7. The van der Waals surface area contributed by atoms with Crippen molar-refractivity contribution in [1.29, 1.82) is 0 Å². The Hall–Kier alpha value is -12.7. The summed E-state index contributed by atoms with van der Waals surface area (Å²) in [7, 11) is 0. The summed E-state index contributed by atoms with van der Waals surface area (Å²) >= 11 is 0. The van der Waals surface area contributed by atoms with Gasteiger partial charge in [0.2, 0.25) is 0 Å². The molecule has 0 aliphatic rings. The summed E-state index contributed by atoms with van der Waals surface area (Å²) < 4.78 is 4.80. The Labute approximate surface area is 529 Å². The van der Waals surface area contributed by atoms with E-state index in [0.29, 0.717) is 40.8 Å². The van der Waals surface area contributed by atoms with E-state index in [2.05, 4.69) is 191 Å². The quantitative estimate of drug-likeness (QED) is 0.119. The van der Waals surface area contributed by atoms with Crippen LogP contribution in [0.5, 0.6) is 0 Å². The van der Waals surface area contributed by atoms with E-state index in [1.807, 2.05) is 133 Å². The van der Waals surface area contributed by atoms with Crippen LogP contribution >= 0.6 is 0 Å². The Balaban J connectivity index is 0.944. The van der Waals surface area contributed by atoms with Gasteiger partial charge in [-0.2, -0.15) is 0 Å². The average molecular weight is 1180 g/mol. The molecule has 0 aliphatic heterocycles. The van der Waals surface area contributed by atoms with Gasteiger partial charge in [-0.05, 0) is 78.9 Å². The molecular formula is C82H52N10. The molecule has 0 unspecified atom stereocenters. The predicted octanol–water partition coefficient (Wildman–Crippen LogP) is 19.7. The zero-order valence-corrected chi connectivity index (χ0v) is 49.5. The van der Waals surface area contributed by atoms with Gasteiger partial charge in [-0.25, -0.2) is 39.9 Å². The first-order valence-corrected chi connectivity index (χ1v) is 30.7. The van der Waals surface area contributed by atoms with E-state index in [9.17, 15) is 0 Å². The third-order valence-corrected chi connectivity index (χ3v) is 17.1. The SMILES string of the molecule is c1ccc(-c2cc(-c3ccccc3)nc(-c3ccc(-n4c5ccc(-c6nc(-c7ccccc7)nc(-c7ccccc7)n6)cc5c5cc(-c6nc(-c7ccccc7)nc(-c7ccccc7)n6)ccc54)c(-c4ccccc4-n4c5ccccc5c5ccccc54)c3)n2)cc1. The Kier molecular flexibility index (Phi) is 13.3. The molecule has 10 nitrogen and oxygen atoms in total. The van der Waals surface area contributed by atoms with Crippen molar-refractivity contribution in [2.24, 2.45) is 0 Å². The molecule has 0 bridgehead atoms. The van der Waals surface area contributed by atoms with Crippen molar-refractivity contribution < 1.29 is 0 Å². The number of fused-ring (bicyclic) bond motifs is 6. The molecule has 17 rings (SSSR count). The number of hydrogen-bond donors (Lipinski definition) is 0. The van der Waals surface area contributed by atoms with Gasteiger partial charge in [0.15, 0.2) is 40.8 Å². The van der Waals surface area contributed by atoms with Crippen LogP contribution in [0.1, 0.15) is 0 Å². The van der Waals surface area contributed by atoms with Crippen LogP contribution in [0.2, 0.25) is 0 Å². The van der Waals surface area contributed by atoms with Gasteiger partial charge in [-0.3, -0.25) is 0 Å². The predicted molar refractivity (Wildman–Crippen MR) is 372 cm³/mol. The monoisotopic (exact) mass is 1180 g/mol. The van der Waals surface area contributed by atoms with Crippen molar-refractivity contribution in [3.8, 4) is 125 Å². The topological polar surface area (TPSA) is 113 Å². The molecular weight excluding hydrogens is 1120 g/mol. The fourth-order valence-corrected chi connectivity index (χ4v) is 12.7. The number of nitrogens with zero attached hydrogens (tertiary/aromatic N) is 10. The Morgan fingerprint density at radius 2 is 0.467 bits per heavy atom. The molecule has 0 atom stereocenters. The zero-order chi connectivity index (χ0) is 60.9. The lowest BCUT2D eigenvalue weighted by atomic mass is 9.97. The van der Waals surface area contributed by atoms with Crippen LogP contribution in [-0.2, 0) is 0 Å². The van der Waals surface area contributed by atoms with E-state index in [-0.39, 0.29) is 0 Å². The second-order valence-corrected chi connectivity index (χ2v) is 22.7. The Bertz CT molecular complexity index is 5210. The van der Waals surface area contributed by atoms with Crippen LogP contribution in [0.25, 0.3) is 168 Å². The maximum atomic E-state index is 5.40. The molecule has 0 radical (unpaired) electrons. The first-order valence-electron chi connectivity index (χ1n) is 30.7. The summed E-state index contributed by atoms with van der Waals surface area (Å²) in [6, 6.07) is 109. The van der Waals surface area contributed by atoms with Crippen LogP contribution in [0.4, 0.5) is 0 Å². The molecule has 0 saturated carbocycles. The van der Waals surface area contributed by atoms with E-state index in [0.717, 1.165) is 117 Å². The van der Waals surface area contributed by atoms with Gasteiger partial charge >= 0.3 is 0 Å². The largest absolute Gasteiger partial charge is 0.309 e. The second kappa shape index (κ2) is 22.8. The minimum atomic E-state index is 0.548. The van der Waals surface area contributed by atoms with Crippen molar-refractivity contribution in [2.75, 3.05) is 0 Å². The van der Waals surface area contributed by atoms with Gasteiger partial charge in [-0.1, -0.05) is 237 Å². The van der Waals surface area contributed by atoms with E-state index in [1.54, 1.807) is 0 Å². The highest BCUT2D eigenvalue weighted by atomic mass is 15.1. The maximum absolute atomic E-state index is 5.40. The summed E-state index contributed by atoms with van der Waals surface area (Å²) in [6.07, 6.45) is 0. The normalized spacial score (nSPS) is 11.5. The summed E-state index contributed by atoms with van der Waals surface area (Å²) in [6.45, 7) is 0. The molecule has 0 saturated heterocycles. The number of para-hydroxylation sites is 3. The number of aromatic nitrogens is 10. The average Bonchev–Trinajstić information content (AvgIpc) is 1.57. The lowest BCUT2D eigenvalue weighted by molar-refractivity contribution is 1.07. The summed E-state index contributed by atoms with van der Waals surface area (Å²) in [5.41, 5.74) is 17.8. The van der Waals surface area contributed by atoms with Crippen molar-refractivity contribution in [3.63, 3.8) is 0 Å². The molecule has 430 valence electrons. The number of benzene rings is 12. The third kappa shape index (κ3) is 9.72. The van der Waals surface area contributed by atoms with Gasteiger partial charge in [0.05, 0.1) is 44.8 Å². The van der Waals surface area contributed by atoms with Crippen LogP contribution in [-0.4, -0.2) is 49.0 Å². The van der Waals surface area contributed by atoms with E-state index < -0.39 is 0 Å². The molecule has 0 N–H and O–H groups in total. The molecule has 5 aromatic heterocycles. The lowest BCUT2D eigenvalue weighted by Crippen LogP contribution is -2.03. The fourth-order valence-electron chi connectivity index (χ4n) is 12.7. The van der Waals surface area contributed by atoms with Crippen molar-refractivity contribution in [1.82, 2.24) is 49.0 Å².